The van der Waals surface area contributed by atoms with Crippen molar-refractivity contribution in [2.45, 2.75) is 45.3 Å². The number of carbonyl (C=O) groups excluding carboxylic acids is 1. The Balaban J connectivity index is 1.28. The number of aliphatic hydroxyl groups is 1. The molecule has 2 heterocycles. The maximum atomic E-state index is 13.0. The number of hydrogen-bond donors (Lipinski definition) is 1. The summed E-state index contributed by atoms with van der Waals surface area (Å²) >= 11 is 0. The number of hydrogen-bond acceptors (Lipinski definition) is 4. The highest BCUT2D eigenvalue weighted by Gasteiger charge is 2.23. The normalized spacial score (nSPS) is 18.6. The van der Waals surface area contributed by atoms with Crippen LogP contribution in [0.15, 0.2) is 48.5 Å². The van der Waals surface area contributed by atoms with Crippen LogP contribution in [0.2, 0.25) is 0 Å². The van der Waals surface area contributed by atoms with E-state index in [0.717, 1.165) is 69.9 Å². The standard InChI is InChI=1S/C26H35N3O2/c1-20(2)22-5-3-21(4-6-22)19-27-15-17-29(18-16-27)26(31)23-7-9-24(10-8-23)28-13-11-25(30)12-14-28/h3-10,20,25,30H,11-19H2,1-2H3. The van der Waals surface area contributed by atoms with Crippen molar-refractivity contribution in [1.82, 2.24) is 9.80 Å². The third kappa shape index (κ3) is 5.46. The average Bonchev–Trinajstić information content (AvgIpc) is 2.80. The molecule has 5 nitrogen and oxygen atoms in total. The van der Waals surface area contributed by atoms with Crippen molar-refractivity contribution in [3.63, 3.8) is 0 Å². The lowest BCUT2D eigenvalue weighted by Crippen LogP contribution is -2.48. The Morgan fingerprint density at radius 2 is 1.52 bits per heavy atom. The zero-order valence-electron chi connectivity index (χ0n) is 18.8. The molecule has 31 heavy (non-hydrogen) atoms. The Morgan fingerprint density at radius 1 is 0.903 bits per heavy atom. The van der Waals surface area contributed by atoms with Crippen LogP contribution in [0.25, 0.3) is 0 Å². The molecule has 0 unspecified atom stereocenters. The Bertz CT molecular complexity index is 847. The second-order valence-corrected chi connectivity index (χ2v) is 9.23. The molecule has 166 valence electrons. The first-order valence-corrected chi connectivity index (χ1v) is 11.6. The summed E-state index contributed by atoms with van der Waals surface area (Å²) in [6.07, 6.45) is 1.45. The molecule has 0 saturated carbocycles. The molecule has 0 bridgehead atoms. The van der Waals surface area contributed by atoms with Crippen molar-refractivity contribution >= 4 is 11.6 Å². The second-order valence-electron chi connectivity index (χ2n) is 9.23. The van der Waals surface area contributed by atoms with Crippen molar-refractivity contribution in [1.29, 1.82) is 0 Å². The van der Waals surface area contributed by atoms with E-state index in [4.69, 9.17) is 0 Å². The highest BCUT2D eigenvalue weighted by molar-refractivity contribution is 5.94. The summed E-state index contributed by atoms with van der Waals surface area (Å²) in [7, 11) is 0. The van der Waals surface area contributed by atoms with Gasteiger partial charge in [0.25, 0.3) is 5.91 Å². The van der Waals surface area contributed by atoms with Crippen molar-refractivity contribution < 1.29 is 9.90 Å². The number of piperazine rings is 1. The first kappa shape index (κ1) is 21.8. The van der Waals surface area contributed by atoms with E-state index in [9.17, 15) is 9.90 Å². The SMILES string of the molecule is CC(C)c1ccc(CN2CCN(C(=O)c3ccc(N4CCC(O)CC4)cc3)CC2)cc1. The molecule has 2 saturated heterocycles. The lowest BCUT2D eigenvalue weighted by molar-refractivity contribution is 0.0628. The third-order valence-corrected chi connectivity index (χ3v) is 6.66. The molecule has 2 aromatic carbocycles. The summed E-state index contributed by atoms with van der Waals surface area (Å²) in [4.78, 5) is 19.7. The van der Waals surface area contributed by atoms with Crippen LogP contribution >= 0.6 is 0 Å². The van der Waals surface area contributed by atoms with Gasteiger partial charge < -0.3 is 14.9 Å². The Kier molecular flexibility index (Phi) is 6.93. The monoisotopic (exact) mass is 421 g/mol. The molecule has 2 fully saturated rings. The zero-order valence-corrected chi connectivity index (χ0v) is 18.8. The first-order chi connectivity index (χ1) is 15.0. The van der Waals surface area contributed by atoms with Gasteiger partial charge in [-0.05, 0) is 54.2 Å². The number of amides is 1. The molecule has 5 heteroatoms. The summed E-state index contributed by atoms with van der Waals surface area (Å²) in [6, 6.07) is 16.9. The second kappa shape index (κ2) is 9.84. The minimum Gasteiger partial charge on any atom is -0.393 e. The van der Waals surface area contributed by atoms with E-state index >= 15 is 0 Å². The van der Waals surface area contributed by atoms with Crippen LogP contribution in [0.1, 0.15) is 54.1 Å². The van der Waals surface area contributed by atoms with Gasteiger partial charge in [-0.25, -0.2) is 0 Å². The van der Waals surface area contributed by atoms with E-state index in [1.54, 1.807) is 0 Å². The van der Waals surface area contributed by atoms with Crippen LogP contribution in [-0.2, 0) is 6.54 Å². The number of benzene rings is 2. The minimum absolute atomic E-state index is 0.126. The summed E-state index contributed by atoms with van der Waals surface area (Å²) < 4.78 is 0. The molecule has 2 aliphatic heterocycles. The molecular weight excluding hydrogens is 386 g/mol. The lowest BCUT2D eigenvalue weighted by atomic mass is 10.0. The fourth-order valence-electron chi connectivity index (χ4n) is 4.50. The van der Waals surface area contributed by atoms with Crippen LogP contribution in [0.3, 0.4) is 0 Å². The predicted molar refractivity (Wildman–Crippen MR) is 126 cm³/mol. The molecule has 0 radical (unpaired) electrons. The van der Waals surface area contributed by atoms with E-state index < -0.39 is 0 Å². The van der Waals surface area contributed by atoms with Crippen LogP contribution < -0.4 is 4.90 Å². The molecule has 0 aliphatic carbocycles. The van der Waals surface area contributed by atoms with E-state index in [-0.39, 0.29) is 12.0 Å². The van der Waals surface area contributed by atoms with Gasteiger partial charge in [-0.15, -0.1) is 0 Å². The van der Waals surface area contributed by atoms with Crippen LogP contribution in [-0.4, -0.2) is 66.2 Å². The molecule has 2 aromatic rings. The maximum Gasteiger partial charge on any atom is 0.253 e. The van der Waals surface area contributed by atoms with Crippen molar-refractivity contribution in [2.75, 3.05) is 44.2 Å². The van der Waals surface area contributed by atoms with Gasteiger partial charge in [-0.1, -0.05) is 38.1 Å². The topological polar surface area (TPSA) is 47.0 Å². The number of nitrogens with zero attached hydrogens (tertiary/aromatic N) is 3. The number of aliphatic hydroxyl groups excluding tert-OH is 1. The van der Waals surface area contributed by atoms with E-state index in [1.807, 2.05) is 29.2 Å². The Hall–Kier alpha value is -2.37. The van der Waals surface area contributed by atoms with Crippen LogP contribution in [0, 0.1) is 0 Å². The molecule has 1 amide bonds. The van der Waals surface area contributed by atoms with Gasteiger partial charge in [0.2, 0.25) is 0 Å². The number of carbonyl (C=O) groups is 1. The van der Waals surface area contributed by atoms with Crippen molar-refractivity contribution in [3.05, 3.63) is 65.2 Å². The summed E-state index contributed by atoms with van der Waals surface area (Å²) in [6.45, 7) is 10.5. The Morgan fingerprint density at radius 3 is 2.10 bits per heavy atom. The van der Waals surface area contributed by atoms with Gasteiger partial charge in [0.05, 0.1) is 6.10 Å². The van der Waals surface area contributed by atoms with Crippen molar-refractivity contribution in [3.8, 4) is 0 Å². The smallest absolute Gasteiger partial charge is 0.253 e. The first-order valence-electron chi connectivity index (χ1n) is 11.6. The summed E-state index contributed by atoms with van der Waals surface area (Å²) in [5, 5.41) is 9.69. The number of piperidine rings is 1. The van der Waals surface area contributed by atoms with Crippen LogP contribution in [0.4, 0.5) is 5.69 Å². The lowest BCUT2D eigenvalue weighted by Gasteiger charge is -2.35. The van der Waals surface area contributed by atoms with Gasteiger partial charge in [-0.3, -0.25) is 9.69 Å². The highest BCUT2D eigenvalue weighted by Crippen LogP contribution is 2.22. The third-order valence-electron chi connectivity index (χ3n) is 6.66. The Labute approximate surface area is 186 Å². The molecule has 4 rings (SSSR count). The summed E-state index contributed by atoms with van der Waals surface area (Å²) in [5.74, 6) is 0.687. The van der Waals surface area contributed by atoms with Crippen molar-refractivity contribution in [2.24, 2.45) is 0 Å². The molecule has 0 atom stereocenters. The van der Waals surface area contributed by atoms with Gasteiger partial charge in [0.1, 0.15) is 0 Å². The maximum absolute atomic E-state index is 13.0. The zero-order chi connectivity index (χ0) is 21.8. The van der Waals surface area contributed by atoms with E-state index in [1.165, 1.54) is 11.1 Å². The van der Waals surface area contributed by atoms with Gasteiger partial charge in [0, 0.05) is 57.1 Å². The van der Waals surface area contributed by atoms with Gasteiger partial charge >= 0.3 is 0 Å². The van der Waals surface area contributed by atoms with E-state index in [2.05, 4.69) is 47.9 Å². The largest absolute Gasteiger partial charge is 0.393 e. The highest BCUT2D eigenvalue weighted by atomic mass is 16.3. The number of anilines is 1. The molecule has 0 spiro atoms. The average molecular weight is 422 g/mol. The fraction of sp³-hybridized carbons (Fsp3) is 0.500. The molecule has 2 aliphatic rings. The van der Waals surface area contributed by atoms with Gasteiger partial charge in [-0.2, -0.15) is 0 Å². The fourth-order valence-corrected chi connectivity index (χ4v) is 4.50. The quantitative estimate of drug-likeness (QED) is 0.799. The van der Waals surface area contributed by atoms with E-state index in [0.29, 0.717) is 5.92 Å². The van der Waals surface area contributed by atoms with Crippen LogP contribution in [0.5, 0.6) is 0 Å². The predicted octanol–water partition coefficient (Wildman–Crippen LogP) is 3.73. The van der Waals surface area contributed by atoms with Gasteiger partial charge in [0.15, 0.2) is 0 Å². The molecular formula is C26H35N3O2. The minimum atomic E-state index is -0.171. The molecule has 0 aromatic heterocycles. The molecule has 1 N–H and O–H groups in total. The summed E-state index contributed by atoms with van der Waals surface area (Å²) in [5.41, 5.74) is 4.61. The number of rotatable bonds is 5.